The maximum absolute atomic E-state index is 13.6. The largest absolute Gasteiger partial charge is 0.394 e. The summed E-state index contributed by atoms with van der Waals surface area (Å²) in [6, 6.07) is -1.80. The van der Waals surface area contributed by atoms with E-state index in [1.165, 1.54) is 110 Å². The second-order valence-electron chi connectivity index (χ2n) is 31.3. The van der Waals surface area contributed by atoms with Crippen LogP contribution in [0.5, 0.6) is 0 Å². The Morgan fingerprint density at radius 3 is 1.23 bits per heavy atom. The van der Waals surface area contributed by atoms with Crippen molar-refractivity contribution in [3.05, 3.63) is 0 Å². The lowest BCUT2D eigenvalue weighted by Gasteiger charge is -2.51. The Morgan fingerprint density at radius 1 is 0.336 bits per heavy atom. The minimum Gasteiger partial charge on any atom is -0.394 e. The third-order valence-electron chi connectivity index (χ3n) is 22.2. The molecule has 6 aliphatic heterocycles. The van der Waals surface area contributed by atoms with Gasteiger partial charge in [0.1, 0.15) is 146 Å². The molecular formula is C78H144N2O33. The van der Waals surface area contributed by atoms with E-state index in [0.717, 1.165) is 90.8 Å². The summed E-state index contributed by atoms with van der Waals surface area (Å²) in [5.41, 5.74) is 0. The molecule has 6 heterocycles. The van der Waals surface area contributed by atoms with E-state index in [9.17, 15) is 96.4 Å². The molecular weight excluding hydrogens is 1490 g/mol. The van der Waals surface area contributed by atoms with Crippen LogP contribution >= 0.6 is 0 Å². The molecule has 0 radical (unpaired) electrons. The summed E-state index contributed by atoms with van der Waals surface area (Å²) in [6.07, 6.45) is -19.7. The van der Waals surface area contributed by atoms with E-state index in [-0.39, 0.29) is 12.5 Å². The van der Waals surface area contributed by atoms with E-state index in [2.05, 4.69) is 24.5 Å². The number of carbonyl (C=O) groups excluding carboxylic acids is 2. The van der Waals surface area contributed by atoms with E-state index in [0.29, 0.717) is 38.8 Å². The highest BCUT2D eigenvalue weighted by molar-refractivity contribution is 5.80. The molecule has 35 nitrogen and oxygen atoms in total. The minimum absolute atomic E-state index is 0.0339. The molecule has 0 saturated carbocycles. The van der Waals surface area contributed by atoms with E-state index in [1.54, 1.807) is 0 Å². The molecule has 113 heavy (non-hydrogen) atoms. The Labute approximate surface area is 665 Å². The topological polar surface area (TPSA) is 531 Å². The lowest BCUT2D eigenvalue weighted by atomic mass is 9.94. The van der Waals surface area contributed by atoms with Gasteiger partial charge >= 0.3 is 0 Å². The second kappa shape index (κ2) is 54.9. The first-order chi connectivity index (χ1) is 54.5. The predicted octanol–water partition coefficient (Wildman–Crippen LogP) is -0.254. The first kappa shape index (κ1) is 99.5. The number of amides is 2. The van der Waals surface area contributed by atoms with Gasteiger partial charge in [-0.3, -0.25) is 9.59 Å². The molecule has 664 valence electrons. The summed E-state index contributed by atoms with van der Waals surface area (Å²) in [4.78, 5) is 26.6. The van der Waals surface area contributed by atoms with Gasteiger partial charge in [0.15, 0.2) is 37.7 Å². The Kier molecular flexibility index (Phi) is 48.3. The summed E-state index contributed by atoms with van der Waals surface area (Å²) in [5, 5.41) is 193. The van der Waals surface area contributed by atoms with Crippen LogP contribution in [0.1, 0.15) is 227 Å². The number of hydrogen-bond donors (Lipinski definition) is 19. The van der Waals surface area contributed by atoms with Gasteiger partial charge in [-0.25, -0.2) is 0 Å². The van der Waals surface area contributed by atoms with Gasteiger partial charge in [0.05, 0.1) is 39.1 Å². The third kappa shape index (κ3) is 31.6. The van der Waals surface area contributed by atoms with Crippen LogP contribution in [-0.2, 0) is 75.9 Å². The maximum Gasteiger partial charge on any atom is 0.249 e. The molecule has 0 aromatic carbocycles. The summed E-state index contributed by atoms with van der Waals surface area (Å²) in [5.74, 6) is -1.00. The molecule has 0 aliphatic carbocycles. The molecule has 0 aromatic heterocycles. The van der Waals surface area contributed by atoms with Crippen molar-refractivity contribution in [2.75, 3.05) is 66.0 Å². The van der Waals surface area contributed by atoms with Crippen LogP contribution in [0.2, 0.25) is 0 Å². The number of ether oxygens (including phenoxy) is 14. The highest BCUT2D eigenvalue weighted by atomic mass is 16.8. The smallest absolute Gasteiger partial charge is 0.249 e. The van der Waals surface area contributed by atoms with Crippen molar-refractivity contribution in [2.45, 2.75) is 417 Å². The lowest BCUT2D eigenvalue weighted by Crippen LogP contribution is -2.70. The number of hydrogen-bond acceptors (Lipinski definition) is 33. The Balaban J connectivity index is 0.977. The number of unbranched alkanes of at least 4 members (excludes halogenated alkanes) is 26. The van der Waals surface area contributed by atoms with Gasteiger partial charge < -0.3 is 164 Å². The SMILES string of the molecule is CCCCCCCCCCCCCCCCO[C@H](CCCCCCCCCOCCCCCCCC)C(=O)NCCCCCO[C@H]1OC(CO)[C@@H](O[C@@H]2OC(CO)[C@H](O[C@H]3OC(CO)[C@H](O)[C@H](O[C@@H]4OC(CO)[C@H](O)[C@H](O[C@@H]5OC(CO)[C@H](O)[C@H](O)C5O[C@@H]5OC(C)[C@@H](O)[C@H](O)C5O)C4NC(C)=O)C3O)[C@H](O)C2O)[C@H](O)C1O. The second-order valence-corrected chi connectivity index (χ2v) is 31.3. The maximum atomic E-state index is 13.6. The summed E-state index contributed by atoms with van der Waals surface area (Å²) in [7, 11) is 0. The van der Waals surface area contributed by atoms with E-state index in [1.807, 2.05) is 0 Å². The number of aliphatic hydroxyl groups excluding tert-OH is 17. The standard InChI is InChI=1S/C78H144N2O33/c1-5-7-9-11-13-14-15-16-17-18-19-23-27-33-39-101-48(35-29-24-21-20-22-26-32-38-100-37-31-25-12-10-8-6-2)72(99)79-36-30-28-34-40-102-74-64(96)61(93)67(52(44-84)107-74)109-76-65(97)62(94)68(53(45-85)108-76)110-77-66(98)70(58(90)51(43-83)105-77)112-73-54(80-47(4)86)69(57(89)50(42-82)104-73)111-78-71(60(92)56(88)49(41-81)106-78)113-75-63(95)59(91)55(87)46(3)103-75/h46,48-71,73-78,81-85,87-98H,5-45H2,1-4H3,(H,79,99)(H,80,86)/t46?,48-,49?,50?,51?,52?,53?,54?,55-,56+,57+,58+,59+,60+,61-,62-,63?,64?,65?,66?,67-,68+,69-,70+,71?,73+,74+,75+,76+,77-,78+/m1/s1. The van der Waals surface area contributed by atoms with Crippen LogP contribution in [0, 0.1) is 0 Å². The monoisotopic (exact) mass is 1640 g/mol. The van der Waals surface area contributed by atoms with Crippen molar-refractivity contribution in [1.29, 1.82) is 0 Å². The van der Waals surface area contributed by atoms with Crippen LogP contribution in [-0.4, -0.2) is 355 Å². The van der Waals surface area contributed by atoms with Crippen molar-refractivity contribution in [3.63, 3.8) is 0 Å². The van der Waals surface area contributed by atoms with Crippen molar-refractivity contribution in [2.24, 2.45) is 0 Å². The van der Waals surface area contributed by atoms with Crippen LogP contribution < -0.4 is 10.6 Å². The Hall–Kier alpha value is -2.30. The van der Waals surface area contributed by atoms with Crippen LogP contribution in [0.25, 0.3) is 0 Å². The predicted molar refractivity (Wildman–Crippen MR) is 401 cm³/mol. The highest BCUT2D eigenvalue weighted by Crippen LogP contribution is 2.38. The fourth-order valence-corrected chi connectivity index (χ4v) is 15.2. The molecule has 31 atom stereocenters. The number of rotatable bonds is 57. The molecule has 2 amide bonds. The zero-order chi connectivity index (χ0) is 82.4. The van der Waals surface area contributed by atoms with Gasteiger partial charge in [0.2, 0.25) is 11.8 Å². The first-order valence-corrected chi connectivity index (χ1v) is 42.3. The molecule has 12 unspecified atom stereocenters. The van der Waals surface area contributed by atoms with Gasteiger partial charge in [-0.1, -0.05) is 168 Å². The average molecular weight is 1640 g/mol. The molecule has 6 rings (SSSR count). The molecule has 6 saturated heterocycles. The number of aliphatic hydroxyl groups is 17. The number of nitrogens with one attached hydrogen (secondary N) is 2. The number of carbonyl (C=O) groups is 2. The van der Waals surface area contributed by atoms with Gasteiger partial charge in [-0.15, -0.1) is 0 Å². The van der Waals surface area contributed by atoms with E-state index >= 15 is 0 Å². The fourth-order valence-electron chi connectivity index (χ4n) is 15.2. The minimum atomic E-state index is -2.23. The van der Waals surface area contributed by atoms with Crippen molar-refractivity contribution in [1.82, 2.24) is 10.6 Å². The van der Waals surface area contributed by atoms with Crippen molar-refractivity contribution >= 4 is 11.8 Å². The van der Waals surface area contributed by atoms with Gasteiger partial charge in [0, 0.05) is 39.9 Å². The fraction of sp³-hybridized carbons (Fsp3) is 0.974. The lowest BCUT2D eigenvalue weighted by molar-refractivity contribution is -0.393. The average Bonchev–Trinajstić information content (AvgIpc) is 0.737. The molecule has 0 spiro atoms. The van der Waals surface area contributed by atoms with Crippen molar-refractivity contribution < 1.29 is 163 Å². The molecule has 35 heteroatoms. The molecule has 0 bridgehead atoms. The molecule has 0 aromatic rings. The third-order valence-corrected chi connectivity index (χ3v) is 22.2. The van der Waals surface area contributed by atoms with E-state index in [4.69, 9.17) is 66.3 Å². The van der Waals surface area contributed by atoms with Crippen LogP contribution in [0.3, 0.4) is 0 Å². The van der Waals surface area contributed by atoms with Gasteiger partial charge in [-0.2, -0.15) is 0 Å². The van der Waals surface area contributed by atoms with Crippen LogP contribution in [0.15, 0.2) is 0 Å². The van der Waals surface area contributed by atoms with Crippen molar-refractivity contribution in [3.8, 4) is 0 Å². The van der Waals surface area contributed by atoms with Gasteiger partial charge in [-0.05, 0) is 51.9 Å². The van der Waals surface area contributed by atoms with Gasteiger partial charge in [0.25, 0.3) is 0 Å². The first-order valence-electron chi connectivity index (χ1n) is 42.3. The molecule has 19 N–H and O–H groups in total. The zero-order valence-electron chi connectivity index (χ0n) is 67.0. The normalized spacial score (nSPS) is 36.7. The summed E-state index contributed by atoms with van der Waals surface area (Å²) >= 11 is 0. The highest BCUT2D eigenvalue weighted by Gasteiger charge is 2.58. The molecule has 6 fully saturated rings. The summed E-state index contributed by atoms with van der Waals surface area (Å²) in [6.45, 7) is 4.58. The quantitative estimate of drug-likeness (QED) is 0.0349. The molecule has 6 aliphatic rings. The van der Waals surface area contributed by atoms with E-state index < -0.39 is 229 Å². The zero-order valence-corrected chi connectivity index (χ0v) is 67.0. The van der Waals surface area contributed by atoms with Crippen LogP contribution in [0.4, 0.5) is 0 Å². The Morgan fingerprint density at radius 2 is 0.708 bits per heavy atom. The Bertz CT molecular complexity index is 2480. The summed E-state index contributed by atoms with van der Waals surface area (Å²) < 4.78 is 82.5.